The second-order valence-corrected chi connectivity index (χ2v) is 7.42. The Bertz CT molecular complexity index is 804. The maximum Gasteiger partial charge on any atom is 0.320 e. The molecule has 0 aromatic heterocycles. The summed E-state index contributed by atoms with van der Waals surface area (Å²) in [6.07, 6.45) is 1.51. The van der Waals surface area contributed by atoms with Gasteiger partial charge in [-0.05, 0) is 49.4 Å². The molecule has 2 atom stereocenters. The van der Waals surface area contributed by atoms with Crippen LogP contribution in [0.1, 0.15) is 41.1 Å². The van der Waals surface area contributed by atoms with Crippen LogP contribution in [0.4, 0.5) is 0 Å². The first-order chi connectivity index (χ1) is 11.9. The molecule has 2 aromatic carbocycles. The molecule has 0 spiro atoms. The van der Waals surface area contributed by atoms with Crippen LogP contribution in [-0.4, -0.2) is 28.6 Å². The molecule has 3 nitrogen and oxygen atoms in total. The Kier molecular flexibility index (Phi) is 5.38. The zero-order chi connectivity index (χ0) is 18.1. The molecule has 1 heterocycles. The van der Waals surface area contributed by atoms with Crippen molar-refractivity contribution in [2.24, 2.45) is 0 Å². The topological polar surface area (TPSA) is 40.5 Å². The van der Waals surface area contributed by atoms with Gasteiger partial charge in [0, 0.05) is 6.54 Å². The molecule has 0 saturated carbocycles. The van der Waals surface area contributed by atoms with E-state index in [4.69, 9.17) is 23.2 Å². The first-order valence-corrected chi connectivity index (χ1v) is 9.15. The first-order valence-electron chi connectivity index (χ1n) is 8.39. The number of hydrogen-bond acceptors (Lipinski definition) is 2. The number of rotatable bonds is 4. The van der Waals surface area contributed by atoms with Gasteiger partial charge >= 0.3 is 5.97 Å². The van der Waals surface area contributed by atoms with E-state index in [-0.39, 0.29) is 6.04 Å². The van der Waals surface area contributed by atoms with Crippen LogP contribution in [0.2, 0.25) is 10.0 Å². The van der Waals surface area contributed by atoms with Crippen molar-refractivity contribution in [3.63, 3.8) is 0 Å². The highest BCUT2D eigenvalue weighted by molar-refractivity contribution is 6.42. The number of carbonyl (C=O) groups is 1. The molecule has 1 saturated heterocycles. The summed E-state index contributed by atoms with van der Waals surface area (Å²) < 4.78 is 0. The molecule has 0 bridgehead atoms. The zero-order valence-corrected chi connectivity index (χ0v) is 15.8. The van der Waals surface area contributed by atoms with Crippen LogP contribution in [0.3, 0.4) is 0 Å². The van der Waals surface area contributed by atoms with E-state index in [1.54, 1.807) is 6.07 Å². The Morgan fingerprint density at radius 1 is 1.20 bits per heavy atom. The number of likely N-dealkylation sites (tertiary alicyclic amines) is 1. The van der Waals surface area contributed by atoms with Crippen LogP contribution in [0.25, 0.3) is 0 Å². The lowest BCUT2D eigenvalue weighted by Gasteiger charge is -2.33. The van der Waals surface area contributed by atoms with Crippen molar-refractivity contribution < 1.29 is 9.90 Å². The Labute approximate surface area is 158 Å². The molecule has 3 rings (SSSR count). The second kappa shape index (κ2) is 7.36. The largest absolute Gasteiger partial charge is 0.480 e. The molecule has 25 heavy (non-hydrogen) atoms. The minimum atomic E-state index is -0.786. The fraction of sp³-hybridized carbons (Fsp3) is 0.350. The van der Waals surface area contributed by atoms with Gasteiger partial charge < -0.3 is 5.11 Å². The van der Waals surface area contributed by atoms with Gasteiger partial charge in [-0.1, -0.05) is 59.1 Å². The molecular formula is C20H21Cl2NO2. The van der Waals surface area contributed by atoms with Crippen LogP contribution >= 0.6 is 23.2 Å². The minimum absolute atomic E-state index is 0.227. The fourth-order valence-electron chi connectivity index (χ4n) is 3.67. The quantitative estimate of drug-likeness (QED) is 0.790. The Morgan fingerprint density at radius 2 is 1.96 bits per heavy atom. The molecule has 1 fully saturated rings. The molecule has 1 N–H and O–H groups in total. The van der Waals surface area contributed by atoms with Crippen molar-refractivity contribution in [3.05, 3.63) is 68.7 Å². The van der Waals surface area contributed by atoms with E-state index in [0.29, 0.717) is 16.5 Å². The van der Waals surface area contributed by atoms with Crippen molar-refractivity contribution in [2.75, 3.05) is 6.54 Å². The normalized spacial score (nSPS) is 19.1. The lowest BCUT2D eigenvalue weighted by atomic mass is 9.91. The Hall–Kier alpha value is -1.55. The van der Waals surface area contributed by atoms with Crippen LogP contribution < -0.4 is 0 Å². The first kappa shape index (κ1) is 18.2. The molecule has 2 unspecified atom stereocenters. The number of nitrogens with zero attached hydrogens (tertiary/aromatic N) is 1. The number of carboxylic acid groups (broad SMARTS) is 1. The molecule has 0 radical (unpaired) electrons. The van der Waals surface area contributed by atoms with Crippen LogP contribution in [-0.2, 0) is 4.79 Å². The third-order valence-electron chi connectivity index (χ3n) is 4.92. The van der Waals surface area contributed by atoms with E-state index in [1.165, 1.54) is 0 Å². The molecule has 132 valence electrons. The van der Waals surface area contributed by atoms with Gasteiger partial charge in [0.25, 0.3) is 0 Å². The molecule has 1 aliphatic rings. The van der Waals surface area contributed by atoms with E-state index in [0.717, 1.165) is 35.2 Å². The third kappa shape index (κ3) is 3.55. The van der Waals surface area contributed by atoms with E-state index >= 15 is 0 Å². The fourth-order valence-corrected chi connectivity index (χ4v) is 4.09. The predicted octanol–water partition coefficient (Wildman–Crippen LogP) is 5.25. The van der Waals surface area contributed by atoms with E-state index in [1.807, 2.05) is 30.9 Å². The Balaban J connectivity index is 2.20. The molecular weight excluding hydrogens is 357 g/mol. The van der Waals surface area contributed by atoms with Crippen LogP contribution in [0.15, 0.2) is 36.4 Å². The highest BCUT2D eigenvalue weighted by Gasteiger charge is 2.38. The van der Waals surface area contributed by atoms with Gasteiger partial charge in [0.2, 0.25) is 0 Å². The van der Waals surface area contributed by atoms with E-state index in [2.05, 4.69) is 18.2 Å². The molecule has 0 aliphatic carbocycles. The summed E-state index contributed by atoms with van der Waals surface area (Å²) in [5.74, 6) is -0.786. The van der Waals surface area contributed by atoms with Gasteiger partial charge in [-0.25, -0.2) is 0 Å². The van der Waals surface area contributed by atoms with Gasteiger partial charge in [0.05, 0.1) is 16.1 Å². The van der Waals surface area contributed by atoms with Crippen molar-refractivity contribution in [1.82, 2.24) is 4.90 Å². The summed E-state index contributed by atoms with van der Waals surface area (Å²) in [6, 6.07) is 11.1. The average Bonchev–Trinajstić information content (AvgIpc) is 3.04. The smallest absolute Gasteiger partial charge is 0.320 e. The molecule has 2 aromatic rings. The molecule has 0 amide bonds. The average molecular weight is 378 g/mol. The number of aryl methyl sites for hydroxylation is 2. The van der Waals surface area contributed by atoms with Crippen molar-refractivity contribution in [3.8, 4) is 0 Å². The van der Waals surface area contributed by atoms with Crippen LogP contribution in [0, 0.1) is 13.8 Å². The van der Waals surface area contributed by atoms with E-state index in [9.17, 15) is 9.90 Å². The van der Waals surface area contributed by atoms with Crippen LogP contribution in [0.5, 0.6) is 0 Å². The lowest BCUT2D eigenvalue weighted by molar-refractivity contribution is -0.142. The highest BCUT2D eigenvalue weighted by Crippen LogP contribution is 2.41. The summed E-state index contributed by atoms with van der Waals surface area (Å²) in [5.41, 5.74) is 4.19. The summed E-state index contributed by atoms with van der Waals surface area (Å²) >= 11 is 12.8. The van der Waals surface area contributed by atoms with Crippen molar-refractivity contribution >= 4 is 29.2 Å². The Morgan fingerprint density at radius 3 is 2.68 bits per heavy atom. The van der Waals surface area contributed by atoms with E-state index < -0.39 is 12.0 Å². The number of aliphatic carboxylic acids is 1. The minimum Gasteiger partial charge on any atom is -0.480 e. The number of benzene rings is 2. The van der Waals surface area contributed by atoms with Gasteiger partial charge in [-0.3, -0.25) is 9.69 Å². The number of carboxylic acids is 1. The van der Waals surface area contributed by atoms with Crippen molar-refractivity contribution in [2.45, 2.75) is 38.8 Å². The van der Waals surface area contributed by atoms with Gasteiger partial charge in [0.15, 0.2) is 0 Å². The maximum absolute atomic E-state index is 11.8. The third-order valence-corrected chi connectivity index (χ3v) is 5.75. The van der Waals surface area contributed by atoms with Crippen molar-refractivity contribution in [1.29, 1.82) is 0 Å². The summed E-state index contributed by atoms with van der Waals surface area (Å²) in [5, 5.41) is 10.7. The number of halogens is 2. The standard InChI is InChI=1S/C20H21Cl2NO2/c1-12-8-9-13(2)15(11-12)19(14-5-3-6-16(21)18(14)22)23-10-4-7-17(23)20(24)25/h3,5-6,8-9,11,17,19H,4,7,10H2,1-2H3,(H,24,25). The van der Waals surface area contributed by atoms with Gasteiger partial charge in [-0.15, -0.1) is 0 Å². The lowest BCUT2D eigenvalue weighted by Crippen LogP contribution is -2.39. The summed E-state index contributed by atoms with van der Waals surface area (Å²) in [4.78, 5) is 13.8. The summed E-state index contributed by atoms with van der Waals surface area (Å²) in [6.45, 7) is 4.81. The molecule has 5 heteroatoms. The monoisotopic (exact) mass is 377 g/mol. The highest BCUT2D eigenvalue weighted by atomic mass is 35.5. The number of hydrogen-bond donors (Lipinski definition) is 1. The van der Waals surface area contributed by atoms with Gasteiger partial charge in [0.1, 0.15) is 6.04 Å². The summed E-state index contributed by atoms with van der Waals surface area (Å²) in [7, 11) is 0. The van der Waals surface area contributed by atoms with Gasteiger partial charge in [-0.2, -0.15) is 0 Å². The second-order valence-electron chi connectivity index (χ2n) is 6.64. The SMILES string of the molecule is Cc1ccc(C)c(C(c2cccc(Cl)c2Cl)N2CCCC2C(=O)O)c1. The zero-order valence-electron chi connectivity index (χ0n) is 14.3. The maximum atomic E-state index is 11.8. The predicted molar refractivity (Wildman–Crippen MR) is 102 cm³/mol. The molecule has 1 aliphatic heterocycles.